The molecular weight excluding hydrogens is 262 g/mol. The molecule has 1 amide bonds. The molecule has 1 rings (SSSR count). The molecule has 21 heavy (non-hydrogen) atoms. The van der Waals surface area contributed by atoms with Crippen LogP contribution in [0.25, 0.3) is 0 Å². The highest BCUT2D eigenvalue weighted by Crippen LogP contribution is 2.18. The topological polar surface area (TPSA) is 49.3 Å². The van der Waals surface area contributed by atoms with Crippen molar-refractivity contribution >= 4 is 11.6 Å². The van der Waals surface area contributed by atoms with Gasteiger partial charge in [0.1, 0.15) is 6.61 Å². The Morgan fingerprint density at radius 1 is 1.33 bits per heavy atom. The van der Waals surface area contributed by atoms with Gasteiger partial charge in [0.2, 0.25) is 5.91 Å². The van der Waals surface area contributed by atoms with E-state index in [0.29, 0.717) is 0 Å². The smallest absolute Gasteiger partial charge is 0.227 e. The second kappa shape index (κ2) is 9.20. The summed E-state index contributed by atoms with van der Waals surface area (Å²) < 4.78 is 0. The Hall–Kier alpha value is -1.79. The van der Waals surface area contributed by atoms with Crippen LogP contribution in [0.3, 0.4) is 0 Å². The number of anilines is 1. The molecule has 114 valence electrons. The summed E-state index contributed by atoms with van der Waals surface area (Å²) in [7, 11) is 0. The molecule has 0 heterocycles. The van der Waals surface area contributed by atoms with Crippen LogP contribution in [0.2, 0.25) is 0 Å². The zero-order valence-corrected chi connectivity index (χ0v) is 13.2. The molecular formula is C18H25NO2. The fourth-order valence-electron chi connectivity index (χ4n) is 2.28. The fraction of sp³-hybridized carbons (Fsp3) is 0.500. The number of amides is 1. The first kappa shape index (κ1) is 17.3. The van der Waals surface area contributed by atoms with E-state index in [1.165, 1.54) is 0 Å². The Morgan fingerprint density at radius 2 is 2.10 bits per heavy atom. The van der Waals surface area contributed by atoms with Crippen LogP contribution < -0.4 is 5.32 Å². The maximum Gasteiger partial charge on any atom is 0.227 e. The Labute approximate surface area is 127 Å². The van der Waals surface area contributed by atoms with Gasteiger partial charge in [-0.25, -0.2) is 0 Å². The van der Waals surface area contributed by atoms with Crippen molar-refractivity contribution in [3.05, 3.63) is 29.3 Å². The molecule has 1 aromatic carbocycles. The monoisotopic (exact) mass is 287 g/mol. The summed E-state index contributed by atoms with van der Waals surface area (Å²) in [6.07, 6.45) is 3.97. The highest BCUT2D eigenvalue weighted by atomic mass is 16.2. The van der Waals surface area contributed by atoms with Crippen LogP contribution in [0.4, 0.5) is 5.69 Å². The van der Waals surface area contributed by atoms with Crippen LogP contribution in [-0.4, -0.2) is 17.6 Å². The number of carbonyl (C=O) groups is 1. The molecule has 2 N–H and O–H groups in total. The van der Waals surface area contributed by atoms with Gasteiger partial charge in [-0.15, -0.1) is 0 Å². The van der Waals surface area contributed by atoms with E-state index in [4.69, 9.17) is 5.11 Å². The summed E-state index contributed by atoms with van der Waals surface area (Å²) in [5, 5.41) is 11.7. The number of hydrogen-bond donors (Lipinski definition) is 2. The summed E-state index contributed by atoms with van der Waals surface area (Å²) in [6.45, 7) is 5.99. The lowest BCUT2D eigenvalue weighted by Gasteiger charge is -2.15. The molecule has 1 aromatic rings. The van der Waals surface area contributed by atoms with Crippen LogP contribution >= 0.6 is 0 Å². The predicted octanol–water partition coefficient (Wildman–Crippen LogP) is 3.49. The van der Waals surface area contributed by atoms with Crippen molar-refractivity contribution in [2.24, 2.45) is 5.92 Å². The van der Waals surface area contributed by atoms with Crippen LogP contribution in [0.1, 0.15) is 50.7 Å². The van der Waals surface area contributed by atoms with E-state index in [1.807, 2.05) is 32.0 Å². The minimum atomic E-state index is -0.162. The molecule has 1 unspecified atom stereocenters. The molecule has 0 radical (unpaired) electrons. The van der Waals surface area contributed by atoms with Crippen LogP contribution in [-0.2, 0) is 4.79 Å². The average Bonchev–Trinajstić information content (AvgIpc) is 2.45. The molecule has 0 fully saturated rings. The Kier molecular flexibility index (Phi) is 7.56. The lowest BCUT2D eigenvalue weighted by Crippen LogP contribution is -2.22. The van der Waals surface area contributed by atoms with E-state index in [1.54, 1.807) is 0 Å². The van der Waals surface area contributed by atoms with Gasteiger partial charge in [-0.1, -0.05) is 38.5 Å². The summed E-state index contributed by atoms with van der Waals surface area (Å²) in [5.74, 6) is 5.65. The molecule has 3 nitrogen and oxygen atoms in total. The van der Waals surface area contributed by atoms with Crippen molar-refractivity contribution in [3.63, 3.8) is 0 Å². The van der Waals surface area contributed by atoms with E-state index in [2.05, 4.69) is 24.1 Å². The molecule has 0 aliphatic heterocycles. The van der Waals surface area contributed by atoms with Crippen molar-refractivity contribution < 1.29 is 9.90 Å². The number of nitrogens with one attached hydrogen (secondary N) is 1. The summed E-state index contributed by atoms with van der Waals surface area (Å²) >= 11 is 0. The number of aryl methyl sites for hydroxylation is 1. The van der Waals surface area contributed by atoms with Crippen molar-refractivity contribution in [3.8, 4) is 11.8 Å². The fourth-order valence-corrected chi connectivity index (χ4v) is 2.28. The van der Waals surface area contributed by atoms with Gasteiger partial charge in [-0.05, 0) is 43.5 Å². The molecule has 0 saturated carbocycles. The number of carbonyl (C=O) groups excluding carboxylic acids is 1. The molecule has 0 spiro atoms. The van der Waals surface area contributed by atoms with Gasteiger partial charge >= 0.3 is 0 Å². The zero-order chi connectivity index (χ0) is 15.7. The van der Waals surface area contributed by atoms with E-state index < -0.39 is 0 Å². The molecule has 0 bridgehead atoms. The van der Waals surface area contributed by atoms with Crippen molar-refractivity contribution in [1.29, 1.82) is 0 Å². The number of rotatable bonds is 6. The second-order valence-corrected chi connectivity index (χ2v) is 5.28. The molecule has 0 saturated heterocycles. The minimum Gasteiger partial charge on any atom is -0.384 e. The van der Waals surface area contributed by atoms with Crippen LogP contribution in [0, 0.1) is 24.7 Å². The largest absolute Gasteiger partial charge is 0.384 e. The van der Waals surface area contributed by atoms with Gasteiger partial charge in [0.15, 0.2) is 0 Å². The molecule has 0 aliphatic carbocycles. The Bertz CT molecular complexity index is 526. The number of benzene rings is 1. The third kappa shape index (κ3) is 6.01. The molecule has 1 atom stereocenters. The highest BCUT2D eigenvalue weighted by molar-refractivity contribution is 5.92. The van der Waals surface area contributed by atoms with Gasteiger partial charge < -0.3 is 10.4 Å². The first-order valence-corrected chi connectivity index (χ1v) is 7.63. The van der Waals surface area contributed by atoms with E-state index >= 15 is 0 Å². The first-order chi connectivity index (χ1) is 10.1. The summed E-state index contributed by atoms with van der Waals surface area (Å²) in [5.41, 5.74) is 2.62. The molecule has 3 heteroatoms. The number of hydrogen-bond acceptors (Lipinski definition) is 2. The number of aliphatic hydroxyl groups excluding tert-OH is 1. The number of unbranched alkanes of at least 4 members (excludes halogenated alkanes) is 1. The minimum absolute atomic E-state index is 0.0671. The quantitative estimate of drug-likeness (QED) is 0.787. The third-order valence-corrected chi connectivity index (χ3v) is 3.43. The van der Waals surface area contributed by atoms with E-state index in [9.17, 15) is 4.79 Å². The molecule has 0 aromatic heterocycles. The highest BCUT2D eigenvalue weighted by Gasteiger charge is 2.16. The maximum absolute atomic E-state index is 12.3. The maximum atomic E-state index is 12.3. The predicted molar refractivity (Wildman–Crippen MR) is 87.1 cm³/mol. The Balaban J connectivity index is 2.81. The number of aliphatic hydroxyl groups is 1. The second-order valence-electron chi connectivity index (χ2n) is 5.28. The lowest BCUT2D eigenvalue weighted by molar-refractivity contribution is -0.120. The van der Waals surface area contributed by atoms with Gasteiger partial charge in [-0.2, -0.15) is 0 Å². The third-order valence-electron chi connectivity index (χ3n) is 3.43. The summed E-state index contributed by atoms with van der Waals surface area (Å²) in [6, 6.07) is 5.72. The SMILES string of the molecule is CCCCC(CC)C(=O)Nc1cc(C)cc(C#CCO)c1. The normalized spacial score (nSPS) is 11.4. The van der Waals surface area contributed by atoms with E-state index in [0.717, 1.165) is 42.5 Å². The van der Waals surface area contributed by atoms with Crippen LogP contribution in [0.5, 0.6) is 0 Å². The van der Waals surface area contributed by atoms with Crippen LogP contribution in [0.15, 0.2) is 18.2 Å². The molecule has 0 aliphatic rings. The standard InChI is InChI=1S/C18H25NO2/c1-4-6-9-16(5-2)18(21)19-17-12-14(3)11-15(13-17)8-7-10-20/h11-13,16,20H,4-6,9-10H2,1-3H3,(H,19,21). The summed E-state index contributed by atoms with van der Waals surface area (Å²) in [4.78, 5) is 12.3. The average molecular weight is 287 g/mol. The lowest BCUT2D eigenvalue weighted by atomic mass is 9.98. The zero-order valence-electron chi connectivity index (χ0n) is 13.2. The van der Waals surface area contributed by atoms with E-state index in [-0.39, 0.29) is 18.4 Å². The van der Waals surface area contributed by atoms with Crippen molar-refractivity contribution in [1.82, 2.24) is 0 Å². The van der Waals surface area contributed by atoms with Gasteiger partial charge in [-0.3, -0.25) is 4.79 Å². The van der Waals surface area contributed by atoms with Crippen molar-refractivity contribution in [2.75, 3.05) is 11.9 Å². The van der Waals surface area contributed by atoms with Gasteiger partial charge in [0.25, 0.3) is 0 Å². The van der Waals surface area contributed by atoms with Crippen molar-refractivity contribution in [2.45, 2.75) is 46.5 Å². The first-order valence-electron chi connectivity index (χ1n) is 7.63. The Morgan fingerprint density at radius 3 is 2.71 bits per heavy atom. The van der Waals surface area contributed by atoms with Gasteiger partial charge in [0.05, 0.1) is 0 Å². The van der Waals surface area contributed by atoms with Gasteiger partial charge in [0, 0.05) is 17.2 Å².